The molecule has 0 radical (unpaired) electrons. The van der Waals surface area contributed by atoms with E-state index in [1.54, 1.807) is 14.0 Å². The molecular weight excluding hydrogens is 426 g/mol. The molecule has 5 nitrogen and oxygen atoms in total. The van der Waals surface area contributed by atoms with Gasteiger partial charge in [-0.2, -0.15) is 0 Å². The number of nitrogens with one attached hydrogen (secondary N) is 1. The van der Waals surface area contributed by atoms with Crippen molar-refractivity contribution in [2.45, 2.75) is 39.5 Å². The van der Waals surface area contributed by atoms with Crippen LogP contribution in [0.5, 0.6) is 11.5 Å². The molecule has 1 atom stereocenters. The van der Waals surface area contributed by atoms with E-state index in [0.29, 0.717) is 28.2 Å². The van der Waals surface area contributed by atoms with Gasteiger partial charge in [0.25, 0.3) is 0 Å². The van der Waals surface area contributed by atoms with Crippen molar-refractivity contribution in [3.63, 3.8) is 0 Å². The summed E-state index contributed by atoms with van der Waals surface area (Å²) in [5.41, 5.74) is 5.02. The predicted octanol–water partition coefficient (Wildman–Crippen LogP) is 4.49. The summed E-state index contributed by atoms with van der Waals surface area (Å²) in [6, 6.07) is 15.9. The number of hydrogen-bond acceptors (Lipinski definition) is 4. The fourth-order valence-electron chi connectivity index (χ4n) is 4.56. The predicted molar refractivity (Wildman–Crippen MR) is 134 cm³/mol. The summed E-state index contributed by atoms with van der Waals surface area (Å²) < 4.78 is 10.9. The van der Waals surface area contributed by atoms with Gasteiger partial charge in [0.2, 0.25) is 0 Å². The number of carbonyl (C=O) groups excluding carboxylic acids is 1. The number of para-hydroxylation sites is 1. The second kappa shape index (κ2) is 9.64. The van der Waals surface area contributed by atoms with Crippen LogP contribution in [0.25, 0.3) is 12.2 Å². The highest BCUT2D eigenvalue weighted by atomic mass is 16.5. The lowest BCUT2D eigenvalue weighted by atomic mass is 9.79. The Morgan fingerprint density at radius 3 is 2.50 bits per heavy atom. The fraction of sp³-hybridized carbons (Fsp3) is 0.276. The average Bonchev–Trinajstić information content (AvgIpc) is 3.13. The zero-order valence-electron chi connectivity index (χ0n) is 20.3. The minimum absolute atomic E-state index is 0.115. The summed E-state index contributed by atoms with van der Waals surface area (Å²) >= 11 is 0. The summed E-state index contributed by atoms with van der Waals surface area (Å²) in [6.07, 6.45) is 3.76. The smallest absolute Gasteiger partial charge is 0.335 e. The maximum Gasteiger partial charge on any atom is 0.335 e. The van der Waals surface area contributed by atoms with Gasteiger partial charge in [0.15, 0.2) is 0 Å². The molecule has 34 heavy (non-hydrogen) atoms. The zero-order chi connectivity index (χ0) is 24.4. The first-order chi connectivity index (χ1) is 16.3. The first-order valence-corrected chi connectivity index (χ1v) is 11.6. The molecule has 0 amide bonds. The Bertz CT molecular complexity index is 1360. The van der Waals surface area contributed by atoms with Crippen LogP contribution in [-0.2, 0) is 9.53 Å². The summed E-state index contributed by atoms with van der Waals surface area (Å²) in [5.74, 6) is 0.408. The van der Waals surface area contributed by atoms with E-state index in [1.807, 2.05) is 55.5 Å². The van der Waals surface area contributed by atoms with Gasteiger partial charge in [0.1, 0.15) is 11.5 Å². The molecule has 0 bridgehead atoms. The number of methoxy groups -OCH3 is 1. The van der Waals surface area contributed by atoms with Crippen LogP contribution in [0.2, 0.25) is 0 Å². The van der Waals surface area contributed by atoms with E-state index in [2.05, 4.69) is 31.0 Å². The quantitative estimate of drug-likeness (QED) is 0.535. The Kier molecular flexibility index (Phi) is 6.64. The van der Waals surface area contributed by atoms with Crippen LogP contribution in [0, 0.1) is 0 Å². The number of esters is 1. The Hall–Kier alpha value is -3.73. The van der Waals surface area contributed by atoms with Crippen molar-refractivity contribution in [3.8, 4) is 11.5 Å². The lowest BCUT2D eigenvalue weighted by Gasteiger charge is -2.24. The molecule has 1 aliphatic rings. The normalized spacial score (nSPS) is 15.8. The number of hydrogen-bond donors (Lipinski definition) is 2. The number of carbonyl (C=O) groups is 1. The third-order valence-electron chi connectivity index (χ3n) is 6.30. The number of ether oxygens (including phenoxy) is 2. The Labute approximate surface area is 200 Å². The van der Waals surface area contributed by atoms with Gasteiger partial charge in [-0.3, -0.25) is 0 Å². The van der Waals surface area contributed by atoms with Gasteiger partial charge in [-0.25, -0.2) is 4.79 Å². The molecule has 0 fully saturated rings. The van der Waals surface area contributed by atoms with E-state index in [4.69, 9.17) is 9.47 Å². The maximum absolute atomic E-state index is 13.1. The van der Waals surface area contributed by atoms with Crippen LogP contribution in [0.1, 0.15) is 61.8 Å². The third kappa shape index (κ3) is 4.26. The largest absolute Gasteiger partial charge is 0.505 e. The molecule has 5 heteroatoms. The minimum Gasteiger partial charge on any atom is -0.505 e. The van der Waals surface area contributed by atoms with E-state index in [0.717, 1.165) is 22.0 Å². The first-order valence-electron chi connectivity index (χ1n) is 11.6. The number of aromatic hydroxyl groups is 1. The van der Waals surface area contributed by atoms with Crippen molar-refractivity contribution in [3.05, 3.63) is 92.6 Å². The van der Waals surface area contributed by atoms with Gasteiger partial charge in [0.05, 0.1) is 24.6 Å². The molecule has 1 aromatic heterocycles. The molecule has 2 N–H and O–H groups in total. The molecule has 1 heterocycles. The zero-order valence-corrected chi connectivity index (χ0v) is 20.3. The highest BCUT2D eigenvalue weighted by Crippen LogP contribution is 2.39. The van der Waals surface area contributed by atoms with Crippen molar-refractivity contribution < 1.29 is 19.4 Å². The van der Waals surface area contributed by atoms with Crippen LogP contribution in [0.4, 0.5) is 0 Å². The van der Waals surface area contributed by atoms with E-state index < -0.39 is 5.92 Å². The minimum atomic E-state index is -0.448. The van der Waals surface area contributed by atoms with E-state index in [-0.39, 0.29) is 18.3 Å². The Morgan fingerprint density at radius 1 is 1.15 bits per heavy atom. The van der Waals surface area contributed by atoms with Crippen LogP contribution >= 0.6 is 0 Å². The first kappa shape index (κ1) is 23.4. The lowest BCUT2D eigenvalue weighted by molar-refractivity contribution is -0.138. The molecular formula is C29H31NO4. The molecule has 0 saturated carbocycles. The van der Waals surface area contributed by atoms with Crippen molar-refractivity contribution in [1.29, 1.82) is 0 Å². The topological polar surface area (TPSA) is 71.6 Å². The molecule has 0 aliphatic heterocycles. The Morgan fingerprint density at radius 2 is 1.85 bits per heavy atom. The summed E-state index contributed by atoms with van der Waals surface area (Å²) in [6.45, 7) is 8.29. The third-order valence-corrected chi connectivity index (χ3v) is 6.30. The number of aromatic nitrogens is 1. The fourth-order valence-corrected chi connectivity index (χ4v) is 4.56. The van der Waals surface area contributed by atoms with Gasteiger partial charge in [0, 0.05) is 22.4 Å². The van der Waals surface area contributed by atoms with Crippen LogP contribution in [-0.4, -0.2) is 29.8 Å². The number of allylic oxidation sites excluding steroid dienone is 1. The number of H-pyrrole nitrogens is 1. The van der Waals surface area contributed by atoms with Crippen molar-refractivity contribution >= 4 is 18.1 Å². The maximum atomic E-state index is 13.1. The van der Waals surface area contributed by atoms with Crippen LogP contribution < -0.4 is 15.4 Å². The van der Waals surface area contributed by atoms with Gasteiger partial charge in [-0.05, 0) is 54.7 Å². The molecule has 0 spiro atoms. The second-order valence-corrected chi connectivity index (χ2v) is 8.82. The summed E-state index contributed by atoms with van der Waals surface area (Å²) in [7, 11) is 1.62. The highest BCUT2D eigenvalue weighted by Gasteiger charge is 2.33. The van der Waals surface area contributed by atoms with Crippen molar-refractivity contribution in [2.75, 3.05) is 13.7 Å². The average molecular weight is 458 g/mol. The molecule has 3 aromatic rings. The van der Waals surface area contributed by atoms with Crippen LogP contribution in [0.3, 0.4) is 0 Å². The van der Waals surface area contributed by atoms with E-state index >= 15 is 0 Å². The van der Waals surface area contributed by atoms with Gasteiger partial charge in [-0.1, -0.05) is 56.3 Å². The van der Waals surface area contributed by atoms with Crippen molar-refractivity contribution in [2.24, 2.45) is 0 Å². The summed E-state index contributed by atoms with van der Waals surface area (Å²) in [4.78, 5) is 16.4. The number of aromatic amines is 1. The van der Waals surface area contributed by atoms with Gasteiger partial charge < -0.3 is 19.6 Å². The van der Waals surface area contributed by atoms with E-state index in [9.17, 15) is 9.90 Å². The molecule has 176 valence electrons. The van der Waals surface area contributed by atoms with Crippen molar-refractivity contribution in [1.82, 2.24) is 4.98 Å². The molecule has 1 unspecified atom stereocenters. The molecule has 0 saturated heterocycles. The van der Waals surface area contributed by atoms with E-state index in [1.165, 1.54) is 5.56 Å². The number of benzene rings is 2. The standard InChI is InChI=1S/C29H31NO4/c1-6-34-29(32)25-18(4)15-22-27(26(25)20-13-11-19(12-14-20)17(2)3)28(31)23(30-22)16-21-9-7-8-10-24(21)33-5/h7-17,26,30-31H,6H2,1-5H3. The molecule has 2 aromatic carbocycles. The number of fused-ring (bicyclic) bond motifs is 1. The number of rotatable bonds is 6. The SMILES string of the molecule is CCOC(=O)C1=C(C)C=c2[nH]c(=Cc3ccccc3OC)c(O)c2C1c1ccc(C(C)C)cc1. The molecule has 1 aliphatic carbocycles. The van der Waals surface area contributed by atoms with Gasteiger partial charge in [-0.15, -0.1) is 0 Å². The summed E-state index contributed by atoms with van der Waals surface area (Å²) in [5, 5.41) is 12.7. The van der Waals surface area contributed by atoms with Gasteiger partial charge >= 0.3 is 5.97 Å². The highest BCUT2D eigenvalue weighted by molar-refractivity contribution is 5.95. The Balaban J connectivity index is 1.93. The second-order valence-electron chi connectivity index (χ2n) is 8.82. The van der Waals surface area contributed by atoms with Crippen LogP contribution in [0.15, 0.2) is 59.7 Å². The monoisotopic (exact) mass is 457 g/mol. The lowest BCUT2D eigenvalue weighted by Crippen LogP contribution is -2.26. The molecule has 4 rings (SSSR count).